The number of rotatable bonds is 10. The number of nitrogens with zero attached hydrogens (tertiary/aromatic N) is 1. The Morgan fingerprint density at radius 2 is 1.56 bits per heavy atom. The first-order valence-electron chi connectivity index (χ1n) is 19.0. The Morgan fingerprint density at radius 3 is 2.24 bits per heavy atom. The number of amides is 2. The van der Waals surface area contributed by atoms with E-state index in [4.69, 9.17) is 9.47 Å². The fraction of sp³-hybridized carbons (Fsp3) is 0.548. The molecule has 4 N–H and O–H groups in total. The molecule has 4 saturated carbocycles. The van der Waals surface area contributed by atoms with E-state index in [-0.39, 0.29) is 49.0 Å². The molecule has 2 heterocycles. The third kappa shape index (κ3) is 6.98. The molecule has 2 saturated heterocycles. The van der Waals surface area contributed by atoms with Crippen molar-refractivity contribution in [1.29, 1.82) is 0 Å². The Morgan fingerprint density at radius 1 is 0.880 bits per heavy atom. The van der Waals surface area contributed by atoms with Gasteiger partial charge in [-0.3, -0.25) is 4.90 Å². The molecular weight excluding hydrogens is 626 g/mol. The third-order valence-electron chi connectivity index (χ3n) is 12.6. The van der Waals surface area contributed by atoms with Crippen LogP contribution in [0, 0.1) is 23.7 Å². The topological polar surface area (TPSA) is 103 Å². The maximum Gasteiger partial charge on any atom is 0.315 e. The maximum absolute atomic E-state index is 13.2. The summed E-state index contributed by atoms with van der Waals surface area (Å²) in [6.45, 7) is 4.53. The highest BCUT2D eigenvalue weighted by Gasteiger charge is 2.51. The lowest BCUT2D eigenvalue weighted by molar-refractivity contribution is -0.276. The first kappa shape index (κ1) is 33.9. The molecule has 0 radical (unpaired) electrons. The summed E-state index contributed by atoms with van der Waals surface area (Å²) in [6, 6.07) is 24.9. The zero-order valence-corrected chi connectivity index (χ0v) is 29.3. The van der Waals surface area contributed by atoms with Gasteiger partial charge in [-0.05, 0) is 103 Å². The highest BCUT2D eigenvalue weighted by molar-refractivity contribution is 5.76. The number of hydrogen-bond acceptors (Lipinski definition) is 6. The second kappa shape index (κ2) is 14.4. The Labute approximate surface area is 296 Å². The second-order valence-corrected chi connectivity index (χ2v) is 16.1. The second-order valence-electron chi connectivity index (χ2n) is 16.1. The minimum Gasteiger partial charge on any atom is -0.395 e. The molecule has 2 aliphatic heterocycles. The van der Waals surface area contributed by atoms with Crippen molar-refractivity contribution in [3.05, 3.63) is 95.1 Å². The highest BCUT2D eigenvalue weighted by Crippen LogP contribution is 2.55. The van der Waals surface area contributed by atoms with Gasteiger partial charge in [0.2, 0.25) is 0 Å². The molecule has 3 aromatic carbocycles. The lowest BCUT2D eigenvalue weighted by atomic mass is 9.53. The Kier molecular flexibility index (Phi) is 9.74. The molecule has 5 atom stereocenters. The van der Waals surface area contributed by atoms with Crippen LogP contribution in [0.4, 0.5) is 4.79 Å². The summed E-state index contributed by atoms with van der Waals surface area (Å²) in [5, 5.41) is 26.3. The molecule has 4 aliphatic carbocycles. The van der Waals surface area contributed by atoms with Gasteiger partial charge in [0.05, 0.1) is 25.4 Å². The number of urea groups is 1. The van der Waals surface area contributed by atoms with Gasteiger partial charge in [-0.1, -0.05) is 79.7 Å². The van der Waals surface area contributed by atoms with Crippen molar-refractivity contribution in [1.82, 2.24) is 15.5 Å². The van der Waals surface area contributed by atoms with Gasteiger partial charge in [-0.2, -0.15) is 0 Å². The van der Waals surface area contributed by atoms with E-state index in [2.05, 4.69) is 71.0 Å². The number of aliphatic hydroxyl groups excluding tert-OH is 2. The van der Waals surface area contributed by atoms with Gasteiger partial charge in [0.15, 0.2) is 6.29 Å². The van der Waals surface area contributed by atoms with E-state index in [0.717, 1.165) is 96.3 Å². The summed E-state index contributed by atoms with van der Waals surface area (Å²) < 4.78 is 13.4. The summed E-state index contributed by atoms with van der Waals surface area (Å²) in [4.78, 5) is 15.6. The Hall–Kier alpha value is -3.27. The van der Waals surface area contributed by atoms with E-state index in [0.29, 0.717) is 6.54 Å². The summed E-state index contributed by atoms with van der Waals surface area (Å²) in [7, 11) is 0. The van der Waals surface area contributed by atoms with Crippen molar-refractivity contribution in [2.24, 2.45) is 23.7 Å². The predicted molar refractivity (Wildman–Crippen MR) is 193 cm³/mol. The molecule has 6 fully saturated rings. The molecule has 8 nitrogen and oxygen atoms in total. The summed E-state index contributed by atoms with van der Waals surface area (Å²) >= 11 is 0. The minimum absolute atomic E-state index is 0.00774. The minimum atomic E-state index is -0.548. The summed E-state index contributed by atoms with van der Waals surface area (Å²) in [5.74, 6) is 2.45. The van der Waals surface area contributed by atoms with Crippen LogP contribution in [0.15, 0.2) is 72.8 Å². The van der Waals surface area contributed by atoms with Gasteiger partial charge in [0, 0.05) is 36.2 Å². The zero-order valence-electron chi connectivity index (χ0n) is 29.3. The first-order chi connectivity index (χ1) is 24.4. The number of carbonyl (C=O) groups excluding carboxylic acids is 1. The first-order valence-corrected chi connectivity index (χ1v) is 19.0. The van der Waals surface area contributed by atoms with Gasteiger partial charge >= 0.3 is 6.03 Å². The van der Waals surface area contributed by atoms with Gasteiger partial charge in [-0.15, -0.1) is 0 Å². The Bertz CT molecular complexity index is 1590. The van der Waals surface area contributed by atoms with E-state index in [1.165, 1.54) is 19.3 Å². The van der Waals surface area contributed by atoms with Crippen LogP contribution >= 0.6 is 0 Å². The van der Waals surface area contributed by atoms with Gasteiger partial charge in [-0.25, -0.2) is 4.79 Å². The zero-order chi connectivity index (χ0) is 34.2. The molecule has 8 heteroatoms. The van der Waals surface area contributed by atoms with E-state index in [9.17, 15) is 15.0 Å². The monoisotopic (exact) mass is 679 g/mol. The van der Waals surface area contributed by atoms with Crippen LogP contribution in [-0.4, -0.2) is 58.5 Å². The van der Waals surface area contributed by atoms with Crippen molar-refractivity contribution in [3.8, 4) is 11.1 Å². The molecule has 50 heavy (non-hydrogen) atoms. The average molecular weight is 680 g/mol. The van der Waals surface area contributed by atoms with Crippen LogP contribution in [0.2, 0.25) is 0 Å². The number of hydrogen-bond donors (Lipinski definition) is 4. The number of likely N-dealkylation sites (tertiary alicyclic amines) is 1. The fourth-order valence-corrected chi connectivity index (χ4v) is 10.4. The molecule has 3 aromatic rings. The van der Waals surface area contributed by atoms with Crippen LogP contribution < -0.4 is 10.6 Å². The van der Waals surface area contributed by atoms with E-state index in [1.807, 2.05) is 24.3 Å². The fourth-order valence-electron chi connectivity index (χ4n) is 10.4. The average Bonchev–Trinajstić information content (AvgIpc) is 3.58. The molecule has 0 spiro atoms. The van der Waals surface area contributed by atoms with Gasteiger partial charge < -0.3 is 30.3 Å². The molecule has 2 amide bonds. The lowest BCUT2D eigenvalue weighted by Crippen LogP contribution is -2.61. The molecule has 6 aliphatic rings. The SMILES string of the molecule is CC1C(CN2CCCC2CO)OC(c2ccc(-c3ccccc3CNC(=O)NC34CC5CC(CC(C5)C3)C4)cc2)OC1c1ccc(CO)cc1. The highest BCUT2D eigenvalue weighted by atomic mass is 16.7. The molecule has 5 unspecified atom stereocenters. The van der Waals surface area contributed by atoms with Gasteiger partial charge in [0.25, 0.3) is 0 Å². The molecule has 4 bridgehead atoms. The van der Waals surface area contributed by atoms with E-state index in [1.54, 1.807) is 0 Å². The maximum atomic E-state index is 13.2. The molecule has 0 aromatic heterocycles. The van der Waals surface area contributed by atoms with Crippen LogP contribution in [-0.2, 0) is 22.6 Å². The Balaban J connectivity index is 0.967. The smallest absolute Gasteiger partial charge is 0.315 e. The summed E-state index contributed by atoms with van der Waals surface area (Å²) in [6.07, 6.45) is 8.78. The lowest BCUT2D eigenvalue weighted by Gasteiger charge is -2.56. The van der Waals surface area contributed by atoms with Crippen LogP contribution in [0.3, 0.4) is 0 Å². The molecule has 9 rings (SSSR count). The van der Waals surface area contributed by atoms with E-state index >= 15 is 0 Å². The van der Waals surface area contributed by atoms with Crippen LogP contribution in [0.25, 0.3) is 11.1 Å². The standard InChI is InChI=1S/C42H53N3O5/c1-27-38(24-45-16-4-6-36(45)26-47)49-40(50-39(27)33-10-8-28(25-46)9-11-33)34-14-12-32(13-15-34)37-7-3-2-5-35(37)23-43-41(48)44-42-20-29-17-30(21-42)19-31(18-29)22-42/h2-3,5,7-15,27,29-31,36,38-40,46-47H,4,6,16-26H2,1H3,(H2,43,44,48). The van der Waals surface area contributed by atoms with Crippen LogP contribution in [0.1, 0.15) is 92.9 Å². The van der Waals surface area contributed by atoms with Crippen LogP contribution in [0.5, 0.6) is 0 Å². The van der Waals surface area contributed by atoms with Gasteiger partial charge in [0.1, 0.15) is 0 Å². The van der Waals surface area contributed by atoms with E-state index < -0.39 is 6.29 Å². The van der Waals surface area contributed by atoms with Crippen molar-refractivity contribution in [3.63, 3.8) is 0 Å². The van der Waals surface area contributed by atoms with Crippen molar-refractivity contribution < 1.29 is 24.5 Å². The molecule has 266 valence electrons. The number of benzene rings is 3. The predicted octanol–water partition coefficient (Wildman–Crippen LogP) is 6.86. The summed E-state index contributed by atoms with van der Waals surface area (Å²) in [5.41, 5.74) is 6.14. The van der Waals surface area contributed by atoms with Crippen molar-refractivity contribution in [2.75, 3.05) is 19.7 Å². The van der Waals surface area contributed by atoms with Crippen molar-refractivity contribution >= 4 is 6.03 Å². The number of nitrogens with one attached hydrogen (secondary N) is 2. The number of ether oxygens (including phenoxy) is 2. The number of aliphatic hydroxyl groups is 2. The van der Waals surface area contributed by atoms with Crippen molar-refractivity contribution in [2.45, 2.75) is 102 Å². The number of carbonyl (C=O) groups is 1. The quantitative estimate of drug-likeness (QED) is 0.187. The largest absolute Gasteiger partial charge is 0.395 e. The normalized spacial score (nSPS) is 33.4. The third-order valence-corrected chi connectivity index (χ3v) is 12.6. The molecular formula is C42H53N3O5.